The van der Waals surface area contributed by atoms with Crippen molar-refractivity contribution in [3.8, 4) is 5.75 Å². The summed E-state index contributed by atoms with van der Waals surface area (Å²) < 4.78 is 10.6. The van der Waals surface area contributed by atoms with Crippen molar-refractivity contribution in [2.75, 3.05) is 6.61 Å². The fourth-order valence-electron chi connectivity index (χ4n) is 1.47. The van der Waals surface area contributed by atoms with Gasteiger partial charge in [-0.05, 0) is 18.6 Å². The number of hydrogen-bond donors (Lipinski definition) is 1. The molecule has 18 heavy (non-hydrogen) atoms. The highest BCUT2D eigenvalue weighted by molar-refractivity contribution is 5.20. The lowest BCUT2D eigenvalue weighted by molar-refractivity contribution is 0.312. The second-order valence-corrected chi connectivity index (χ2v) is 3.98. The van der Waals surface area contributed by atoms with Gasteiger partial charge in [-0.25, -0.2) is 0 Å². The third-order valence-corrected chi connectivity index (χ3v) is 2.58. The standard InChI is InChI=1S/C13H17N3O2/c1-2-11(14)13-15-12(16-18-13)8-9-17-10-6-4-3-5-7-10/h3-7,11H,2,8-9,14H2,1H3. The van der Waals surface area contributed by atoms with Crippen molar-refractivity contribution < 1.29 is 9.26 Å². The number of hydrogen-bond acceptors (Lipinski definition) is 5. The van der Waals surface area contributed by atoms with E-state index in [4.69, 9.17) is 15.0 Å². The van der Waals surface area contributed by atoms with Crippen molar-refractivity contribution in [1.29, 1.82) is 0 Å². The van der Waals surface area contributed by atoms with Crippen LogP contribution in [0.2, 0.25) is 0 Å². The summed E-state index contributed by atoms with van der Waals surface area (Å²) >= 11 is 0. The highest BCUT2D eigenvalue weighted by Gasteiger charge is 2.12. The molecular weight excluding hydrogens is 230 g/mol. The lowest BCUT2D eigenvalue weighted by Gasteiger charge is -2.03. The second kappa shape index (κ2) is 6.16. The summed E-state index contributed by atoms with van der Waals surface area (Å²) in [5.41, 5.74) is 5.80. The number of ether oxygens (including phenoxy) is 1. The summed E-state index contributed by atoms with van der Waals surface area (Å²) in [6, 6.07) is 9.46. The van der Waals surface area contributed by atoms with Gasteiger partial charge in [-0.3, -0.25) is 0 Å². The number of benzene rings is 1. The highest BCUT2D eigenvalue weighted by atomic mass is 16.5. The van der Waals surface area contributed by atoms with E-state index >= 15 is 0 Å². The molecule has 0 bridgehead atoms. The zero-order valence-corrected chi connectivity index (χ0v) is 10.4. The molecule has 2 aromatic rings. The summed E-state index contributed by atoms with van der Waals surface area (Å²) in [7, 11) is 0. The average Bonchev–Trinajstić information content (AvgIpc) is 2.88. The molecule has 0 aliphatic rings. The topological polar surface area (TPSA) is 74.2 Å². The van der Waals surface area contributed by atoms with E-state index in [0.717, 1.165) is 12.2 Å². The molecular formula is C13H17N3O2. The molecule has 2 rings (SSSR count). The molecule has 5 nitrogen and oxygen atoms in total. The predicted molar refractivity (Wildman–Crippen MR) is 67.2 cm³/mol. The zero-order valence-electron chi connectivity index (χ0n) is 10.4. The molecule has 1 heterocycles. The third kappa shape index (κ3) is 3.30. The second-order valence-electron chi connectivity index (χ2n) is 3.98. The molecule has 0 amide bonds. The van der Waals surface area contributed by atoms with E-state index in [0.29, 0.717) is 24.7 Å². The summed E-state index contributed by atoms with van der Waals surface area (Å²) in [6.45, 7) is 2.50. The maximum absolute atomic E-state index is 5.80. The Morgan fingerprint density at radius 1 is 1.33 bits per heavy atom. The van der Waals surface area contributed by atoms with E-state index in [-0.39, 0.29) is 6.04 Å². The highest BCUT2D eigenvalue weighted by Crippen LogP contribution is 2.12. The van der Waals surface area contributed by atoms with Gasteiger partial charge in [0.15, 0.2) is 5.82 Å². The Morgan fingerprint density at radius 2 is 2.11 bits per heavy atom. The van der Waals surface area contributed by atoms with E-state index in [1.165, 1.54) is 0 Å². The van der Waals surface area contributed by atoms with Crippen LogP contribution in [0.5, 0.6) is 5.75 Å². The van der Waals surface area contributed by atoms with Crippen LogP contribution in [-0.2, 0) is 6.42 Å². The van der Waals surface area contributed by atoms with Gasteiger partial charge >= 0.3 is 0 Å². The van der Waals surface area contributed by atoms with Crippen LogP contribution in [0, 0.1) is 0 Å². The molecule has 2 N–H and O–H groups in total. The lowest BCUT2D eigenvalue weighted by atomic mass is 10.2. The summed E-state index contributed by atoms with van der Waals surface area (Å²) in [5, 5.41) is 3.87. The van der Waals surface area contributed by atoms with Crippen molar-refractivity contribution in [1.82, 2.24) is 10.1 Å². The maximum atomic E-state index is 5.80. The fraction of sp³-hybridized carbons (Fsp3) is 0.385. The molecule has 0 saturated carbocycles. The smallest absolute Gasteiger partial charge is 0.243 e. The van der Waals surface area contributed by atoms with Gasteiger partial charge in [0.05, 0.1) is 12.6 Å². The third-order valence-electron chi connectivity index (χ3n) is 2.58. The van der Waals surface area contributed by atoms with Crippen LogP contribution in [0.4, 0.5) is 0 Å². The molecule has 0 spiro atoms. The molecule has 0 aliphatic heterocycles. The van der Waals surface area contributed by atoms with Crippen LogP contribution >= 0.6 is 0 Å². The molecule has 0 fully saturated rings. The minimum absolute atomic E-state index is 0.179. The van der Waals surface area contributed by atoms with E-state index < -0.39 is 0 Å². The number of nitrogens with zero attached hydrogens (tertiary/aromatic N) is 2. The lowest BCUT2D eigenvalue weighted by Crippen LogP contribution is -2.09. The maximum Gasteiger partial charge on any atom is 0.243 e. The normalized spacial score (nSPS) is 12.3. The quantitative estimate of drug-likeness (QED) is 0.846. The van der Waals surface area contributed by atoms with Crippen LogP contribution in [0.3, 0.4) is 0 Å². The molecule has 1 atom stereocenters. The van der Waals surface area contributed by atoms with Gasteiger partial charge in [0.2, 0.25) is 5.89 Å². The fourth-order valence-corrected chi connectivity index (χ4v) is 1.47. The molecule has 0 saturated heterocycles. The first-order chi connectivity index (χ1) is 8.79. The number of rotatable bonds is 6. The largest absolute Gasteiger partial charge is 0.493 e. The molecule has 1 aromatic heterocycles. The minimum Gasteiger partial charge on any atom is -0.493 e. The summed E-state index contributed by atoms with van der Waals surface area (Å²) in [5.74, 6) is 1.96. The minimum atomic E-state index is -0.179. The number of nitrogens with two attached hydrogens (primary N) is 1. The first kappa shape index (κ1) is 12.6. The Bertz CT molecular complexity index is 470. The van der Waals surface area contributed by atoms with Crippen molar-refractivity contribution in [2.24, 2.45) is 5.73 Å². The van der Waals surface area contributed by atoms with Gasteiger partial charge in [-0.2, -0.15) is 4.98 Å². The Labute approximate surface area is 106 Å². The molecule has 1 aromatic carbocycles. The van der Waals surface area contributed by atoms with E-state index in [1.807, 2.05) is 37.3 Å². The summed E-state index contributed by atoms with van der Waals surface area (Å²) in [6.07, 6.45) is 1.39. The molecule has 96 valence electrons. The zero-order chi connectivity index (χ0) is 12.8. The Hall–Kier alpha value is -1.88. The Kier molecular flexibility index (Phi) is 4.30. The average molecular weight is 247 g/mol. The SMILES string of the molecule is CCC(N)c1nc(CCOc2ccccc2)no1. The molecule has 1 unspecified atom stereocenters. The summed E-state index contributed by atoms with van der Waals surface area (Å²) in [4.78, 5) is 4.23. The van der Waals surface area contributed by atoms with Gasteiger partial charge in [0.25, 0.3) is 0 Å². The monoisotopic (exact) mass is 247 g/mol. The molecule has 5 heteroatoms. The van der Waals surface area contributed by atoms with Crippen LogP contribution in [0.1, 0.15) is 31.1 Å². The van der Waals surface area contributed by atoms with Crippen molar-refractivity contribution in [3.05, 3.63) is 42.0 Å². The van der Waals surface area contributed by atoms with Crippen molar-refractivity contribution in [2.45, 2.75) is 25.8 Å². The Morgan fingerprint density at radius 3 is 2.83 bits per heavy atom. The first-order valence-electron chi connectivity index (χ1n) is 6.05. The predicted octanol–water partition coefficient (Wildman–Crippen LogP) is 2.10. The van der Waals surface area contributed by atoms with Crippen molar-refractivity contribution in [3.63, 3.8) is 0 Å². The Balaban J connectivity index is 1.82. The van der Waals surface area contributed by atoms with E-state index in [1.54, 1.807) is 0 Å². The van der Waals surface area contributed by atoms with Crippen molar-refractivity contribution >= 4 is 0 Å². The van der Waals surface area contributed by atoms with Gasteiger partial charge in [0, 0.05) is 6.42 Å². The molecule has 0 radical (unpaired) electrons. The van der Waals surface area contributed by atoms with Crippen LogP contribution in [-0.4, -0.2) is 16.7 Å². The van der Waals surface area contributed by atoms with E-state index in [2.05, 4.69) is 10.1 Å². The number of aromatic nitrogens is 2. The van der Waals surface area contributed by atoms with Gasteiger partial charge in [0.1, 0.15) is 5.75 Å². The van der Waals surface area contributed by atoms with Crippen LogP contribution in [0.15, 0.2) is 34.9 Å². The number of para-hydroxylation sites is 1. The first-order valence-corrected chi connectivity index (χ1v) is 6.05. The van der Waals surface area contributed by atoms with Gasteiger partial charge in [-0.15, -0.1) is 0 Å². The van der Waals surface area contributed by atoms with Gasteiger partial charge in [-0.1, -0.05) is 30.3 Å². The van der Waals surface area contributed by atoms with Crippen LogP contribution in [0.25, 0.3) is 0 Å². The van der Waals surface area contributed by atoms with E-state index in [9.17, 15) is 0 Å². The van der Waals surface area contributed by atoms with Gasteiger partial charge < -0.3 is 15.0 Å². The molecule has 0 aliphatic carbocycles. The van der Waals surface area contributed by atoms with Crippen LogP contribution < -0.4 is 10.5 Å².